The molecule has 0 spiro atoms. The van der Waals surface area contributed by atoms with E-state index in [0.717, 1.165) is 52.9 Å². The fraction of sp³-hybridized carbons (Fsp3) is 0.471. The van der Waals surface area contributed by atoms with Gasteiger partial charge in [-0.25, -0.2) is 0 Å². The predicted molar refractivity (Wildman–Crippen MR) is 158 cm³/mol. The molecule has 3 aromatic carbocycles. The molecule has 3 aliphatic heterocycles. The minimum atomic E-state index is -0.426. The number of nitrogens with two attached hydrogens (primary N) is 1. The second kappa shape index (κ2) is 12.9. The van der Waals surface area contributed by atoms with Crippen molar-refractivity contribution in [2.75, 3.05) is 32.7 Å². The molecule has 3 aromatic rings. The van der Waals surface area contributed by atoms with Gasteiger partial charge in [0.05, 0.1) is 18.8 Å². The third kappa shape index (κ3) is 6.49. The second-order valence-electron chi connectivity index (χ2n) is 11.7. The summed E-state index contributed by atoms with van der Waals surface area (Å²) >= 11 is 0. The zero-order valence-electron chi connectivity index (χ0n) is 23.5. The van der Waals surface area contributed by atoms with Gasteiger partial charge in [-0.15, -0.1) is 0 Å². The fourth-order valence-electron chi connectivity index (χ4n) is 6.61. The Morgan fingerprint density at radius 3 is 2.30 bits per heavy atom. The van der Waals surface area contributed by atoms with Crippen molar-refractivity contribution in [3.8, 4) is 11.1 Å². The van der Waals surface area contributed by atoms with E-state index >= 15 is 0 Å². The van der Waals surface area contributed by atoms with E-state index in [1.54, 1.807) is 0 Å². The van der Waals surface area contributed by atoms with Crippen LogP contribution in [0.25, 0.3) is 11.1 Å². The van der Waals surface area contributed by atoms with Crippen LogP contribution in [0.4, 0.5) is 0 Å². The van der Waals surface area contributed by atoms with Crippen molar-refractivity contribution in [2.45, 2.75) is 69.8 Å². The van der Waals surface area contributed by atoms with Gasteiger partial charge in [-0.1, -0.05) is 66.7 Å². The third-order valence-electron chi connectivity index (χ3n) is 8.90. The lowest BCUT2D eigenvalue weighted by Gasteiger charge is -2.39. The van der Waals surface area contributed by atoms with Crippen LogP contribution >= 0.6 is 0 Å². The zero-order valence-corrected chi connectivity index (χ0v) is 23.5. The average molecular weight is 542 g/mol. The number of benzene rings is 3. The van der Waals surface area contributed by atoms with Gasteiger partial charge in [-0.2, -0.15) is 0 Å². The van der Waals surface area contributed by atoms with Crippen LogP contribution in [0.15, 0.2) is 72.8 Å². The predicted octanol–water partition coefficient (Wildman–Crippen LogP) is 5.41. The molecule has 6 rings (SSSR count). The van der Waals surface area contributed by atoms with Gasteiger partial charge in [0.1, 0.15) is 0 Å². The van der Waals surface area contributed by atoms with Crippen molar-refractivity contribution in [1.82, 2.24) is 9.80 Å². The Kier molecular flexibility index (Phi) is 8.92. The first-order valence-corrected chi connectivity index (χ1v) is 15.0. The molecule has 3 heterocycles. The van der Waals surface area contributed by atoms with Gasteiger partial charge in [0.2, 0.25) is 0 Å². The van der Waals surface area contributed by atoms with Crippen molar-refractivity contribution >= 4 is 0 Å². The number of aliphatic hydroxyl groups excluding tert-OH is 1. The molecule has 0 radical (unpaired) electrons. The standard InChI is InChI=1S/C34H43N3O3/c35-21-26-5-3-6-30(19-26)27-12-14-29(15-13-27)34-39-32(20-33(40-34)28-10-8-25(24-38)9-11-28)23-37-18-4-7-31(37)22-36-16-1-2-17-36/h3,5-6,8-15,19,31-34,38H,1-2,4,7,16-18,20-24,35H2. The maximum absolute atomic E-state index is 9.53. The average Bonchev–Trinajstić information content (AvgIpc) is 3.69. The lowest BCUT2D eigenvalue weighted by Crippen LogP contribution is -2.45. The van der Waals surface area contributed by atoms with E-state index in [4.69, 9.17) is 15.2 Å². The first-order valence-electron chi connectivity index (χ1n) is 15.0. The van der Waals surface area contributed by atoms with Gasteiger partial charge in [0.25, 0.3) is 0 Å². The van der Waals surface area contributed by atoms with Crippen LogP contribution in [0.1, 0.15) is 66.8 Å². The summed E-state index contributed by atoms with van der Waals surface area (Å²) in [5, 5.41) is 9.53. The molecule has 40 heavy (non-hydrogen) atoms. The highest BCUT2D eigenvalue weighted by Gasteiger charge is 2.36. The van der Waals surface area contributed by atoms with E-state index < -0.39 is 6.29 Å². The molecule has 212 valence electrons. The summed E-state index contributed by atoms with van der Waals surface area (Å²) in [5.74, 6) is 0. The summed E-state index contributed by atoms with van der Waals surface area (Å²) in [5.41, 5.74) is 12.4. The van der Waals surface area contributed by atoms with E-state index in [9.17, 15) is 5.11 Å². The molecule has 0 saturated carbocycles. The molecule has 3 fully saturated rings. The minimum Gasteiger partial charge on any atom is -0.392 e. The van der Waals surface area contributed by atoms with E-state index in [-0.39, 0.29) is 18.8 Å². The number of likely N-dealkylation sites (tertiary alicyclic amines) is 2. The van der Waals surface area contributed by atoms with Gasteiger partial charge in [-0.3, -0.25) is 4.90 Å². The van der Waals surface area contributed by atoms with Crippen molar-refractivity contribution in [3.63, 3.8) is 0 Å². The molecular formula is C34H43N3O3. The van der Waals surface area contributed by atoms with Gasteiger partial charge < -0.3 is 25.2 Å². The van der Waals surface area contributed by atoms with Gasteiger partial charge in [0, 0.05) is 37.7 Å². The fourth-order valence-corrected chi connectivity index (χ4v) is 6.61. The molecule has 6 heteroatoms. The summed E-state index contributed by atoms with van der Waals surface area (Å²) in [6.07, 6.45) is 5.65. The van der Waals surface area contributed by atoms with Crippen LogP contribution in [-0.2, 0) is 22.6 Å². The van der Waals surface area contributed by atoms with E-state index in [1.807, 2.05) is 12.1 Å². The summed E-state index contributed by atoms with van der Waals surface area (Å²) < 4.78 is 13.3. The van der Waals surface area contributed by atoms with Gasteiger partial charge in [0.15, 0.2) is 6.29 Å². The lowest BCUT2D eigenvalue weighted by molar-refractivity contribution is -0.253. The van der Waals surface area contributed by atoms with E-state index in [0.29, 0.717) is 12.6 Å². The molecule has 4 unspecified atom stereocenters. The van der Waals surface area contributed by atoms with Crippen LogP contribution in [0.3, 0.4) is 0 Å². The Labute approximate surface area is 238 Å². The number of aliphatic hydroxyl groups is 1. The molecule has 0 amide bonds. The Bertz CT molecular complexity index is 1230. The van der Waals surface area contributed by atoms with Crippen molar-refractivity contribution in [3.05, 3.63) is 95.1 Å². The maximum atomic E-state index is 9.53. The lowest BCUT2D eigenvalue weighted by atomic mass is 9.98. The minimum absolute atomic E-state index is 0.0497. The van der Waals surface area contributed by atoms with Crippen LogP contribution in [0, 0.1) is 0 Å². The summed E-state index contributed by atoms with van der Waals surface area (Å²) in [4.78, 5) is 5.32. The highest BCUT2D eigenvalue weighted by molar-refractivity contribution is 5.64. The van der Waals surface area contributed by atoms with Crippen LogP contribution in [0.5, 0.6) is 0 Å². The quantitative estimate of drug-likeness (QED) is 0.378. The van der Waals surface area contributed by atoms with Gasteiger partial charge >= 0.3 is 0 Å². The normalized spacial score (nSPS) is 25.9. The number of ether oxygens (including phenoxy) is 2. The van der Waals surface area contributed by atoms with Crippen molar-refractivity contribution < 1.29 is 14.6 Å². The first kappa shape index (κ1) is 27.6. The SMILES string of the molecule is NCc1cccc(-c2ccc(C3OC(CN4CCCC4CN4CCCC4)CC(c4ccc(CO)cc4)O3)cc2)c1. The molecule has 3 N–H and O–H groups in total. The molecule has 4 atom stereocenters. The molecule has 0 bridgehead atoms. The molecular weight excluding hydrogens is 498 g/mol. The Hall–Kier alpha value is -2.58. The maximum Gasteiger partial charge on any atom is 0.184 e. The topological polar surface area (TPSA) is 71.2 Å². The monoisotopic (exact) mass is 541 g/mol. The smallest absolute Gasteiger partial charge is 0.184 e. The third-order valence-corrected chi connectivity index (χ3v) is 8.90. The molecule has 6 nitrogen and oxygen atoms in total. The summed E-state index contributed by atoms with van der Waals surface area (Å²) in [7, 11) is 0. The summed E-state index contributed by atoms with van der Waals surface area (Å²) in [6, 6.07) is 25.8. The zero-order chi connectivity index (χ0) is 27.3. The first-order chi connectivity index (χ1) is 19.7. The number of hydrogen-bond acceptors (Lipinski definition) is 6. The van der Waals surface area contributed by atoms with Crippen LogP contribution < -0.4 is 5.73 Å². The van der Waals surface area contributed by atoms with Gasteiger partial charge in [-0.05, 0) is 79.2 Å². The number of rotatable bonds is 9. The number of hydrogen-bond donors (Lipinski definition) is 2. The molecule has 3 aliphatic rings. The Balaban J connectivity index is 1.20. The molecule has 3 saturated heterocycles. The van der Waals surface area contributed by atoms with Crippen LogP contribution in [-0.4, -0.2) is 59.8 Å². The van der Waals surface area contributed by atoms with Crippen molar-refractivity contribution in [2.24, 2.45) is 5.73 Å². The van der Waals surface area contributed by atoms with E-state index in [1.165, 1.54) is 45.3 Å². The van der Waals surface area contributed by atoms with Crippen molar-refractivity contribution in [1.29, 1.82) is 0 Å². The number of nitrogens with zero attached hydrogens (tertiary/aromatic N) is 2. The highest BCUT2D eigenvalue weighted by Crippen LogP contribution is 2.39. The second-order valence-corrected chi connectivity index (χ2v) is 11.7. The highest BCUT2D eigenvalue weighted by atomic mass is 16.7. The summed E-state index contributed by atoms with van der Waals surface area (Å²) in [6.45, 7) is 6.36. The molecule has 0 aromatic heterocycles. The van der Waals surface area contributed by atoms with E-state index in [2.05, 4.69) is 70.5 Å². The molecule has 0 aliphatic carbocycles. The largest absolute Gasteiger partial charge is 0.392 e. The Morgan fingerprint density at radius 1 is 0.775 bits per heavy atom. The van der Waals surface area contributed by atoms with Crippen LogP contribution in [0.2, 0.25) is 0 Å². The Morgan fingerprint density at radius 2 is 1.55 bits per heavy atom.